The van der Waals surface area contributed by atoms with Crippen LogP contribution in [0.5, 0.6) is 0 Å². The lowest BCUT2D eigenvalue weighted by molar-refractivity contribution is -0.138. The summed E-state index contributed by atoms with van der Waals surface area (Å²) in [6.45, 7) is 9.71. The van der Waals surface area contributed by atoms with Gasteiger partial charge in [0.1, 0.15) is 0 Å². The summed E-state index contributed by atoms with van der Waals surface area (Å²) in [7, 11) is 0. The fourth-order valence-corrected chi connectivity index (χ4v) is 3.27. The number of nitrogens with zero attached hydrogens (tertiary/aromatic N) is 2. The van der Waals surface area contributed by atoms with Crippen LogP contribution in [0.25, 0.3) is 0 Å². The van der Waals surface area contributed by atoms with Gasteiger partial charge in [0.15, 0.2) is 0 Å². The van der Waals surface area contributed by atoms with Gasteiger partial charge in [-0.1, -0.05) is 30.3 Å². The number of hydrogen-bond donors (Lipinski definition) is 1. The van der Waals surface area contributed by atoms with Crippen LogP contribution >= 0.6 is 0 Å². The maximum Gasteiger partial charge on any atom is 0.303 e. The molecule has 1 aliphatic heterocycles. The van der Waals surface area contributed by atoms with Gasteiger partial charge < -0.3 is 10.0 Å². The molecule has 1 N–H and O–H groups in total. The zero-order chi connectivity index (χ0) is 16.7. The van der Waals surface area contributed by atoms with Crippen molar-refractivity contribution in [1.82, 2.24) is 9.80 Å². The number of piperidine rings is 1. The number of rotatable bonds is 8. The lowest BCUT2D eigenvalue weighted by atomic mass is 9.94. The summed E-state index contributed by atoms with van der Waals surface area (Å²) >= 11 is 0. The van der Waals surface area contributed by atoms with E-state index in [0.29, 0.717) is 18.4 Å². The van der Waals surface area contributed by atoms with Gasteiger partial charge in [0.2, 0.25) is 0 Å². The molecule has 0 aliphatic carbocycles. The first-order valence-corrected chi connectivity index (χ1v) is 8.76. The van der Waals surface area contributed by atoms with E-state index in [1.54, 1.807) is 0 Å². The molecule has 1 aromatic carbocycles. The van der Waals surface area contributed by atoms with E-state index in [9.17, 15) is 4.79 Å². The minimum absolute atomic E-state index is 0.333. The number of carboxylic acids is 1. The molecule has 23 heavy (non-hydrogen) atoms. The molecule has 0 bridgehead atoms. The van der Waals surface area contributed by atoms with Crippen LogP contribution < -0.4 is 0 Å². The highest BCUT2D eigenvalue weighted by molar-refractivity contribution is 5.67. The van der Waals surface area contributed by atoms with Crippen LogP contribution in [0, 0.1) is 5.92 Å². The van der Waals surface area contributed by atoms with Crippen molar-refractivity contribution < 1.29 is 9.90 Å². The maximum atomic E-state index is 10.8. The topological polar surface area (TPSA) is 43.8 Å². The highest BCUT2D eigenvalue weighted by Crippen LogP contribution is 2.20. The highest BCUT2D eigenvalue weighted by Gasteiger charge is 2.21. The number of likely N-dealkylation sites (tertiary alicyclic amines) is 1. The Kier molecular flexibility index (Phi) is 7.06. The summed E-state index contributed by atoms with van der Waals surface area (Å²) in [5.41, 5.74) is 1.36. The standard InChI is InChI=1S/C19H30N2O2/c1-16(2)21(15-18-6-4-3-5-7-18)13-12-20-10-8-17(9-11-20)14-19(22)23/h3-7,16-17H,8-15H2,1-2H3,(H,22,23). The molecule has 1 fully saturated rings. The zero-order valence-corrected chi connectivity index (χ0v) is 14.4. The molecule has 0 saturated carbocycles. The molecule has 0 radical (unpaired) electrons. The van der Waals surface area contributed by atoms with Crippen LogP contribution in [0.15, 0.2) is 30.3 Å². The third-order valence-electron chi connectivity index (χ3n) is 4.83. The van der Waals surface area contributed by atoms with Crippen molar-refractivity contribution >= 4 is 5.97 Å². The van der Waals surface area contributed by atoms with Gasteiger partial charge in [-0.25, -0.2) is 0 Å². The third-order valence-corrected chi connectivity index (χ3v) is 4.83. The maximum absolute atomic E-state index is 10.8. The van der Waals surface area contributed by atoms with Crippen molar-refractivity contribution in [1.29, 1.82) is 0 Å². The number of benzene rings is 1. The van der Waals surface area contributed by atoms with E-state index in [2.05, 4.69) is 54.0 Å². The van der Waals surface area contributed by atoms with Gasteiger partial charge in [-0.15, -0.1) is 0 Å². The molecule has 4 heteroatoms. The normalized spacial score (nSPS) is 17.0. The number of carbonyl (C=O) groups is 1. The minimum Gasteiger partial charge on any atom is -0.481 e. The second kappa shape index (κ2) is 9.04. The highest BCUT2D eigenvalue weighted by atomic mass is 16.4. The Morgan fingerprint density at radius 3 is 2.48 bits per heavy atom. The summed E-state index contributed by atoms with van der Waals surface area (Å²) < 4.78 is 0. The Morgan fingerprint density at radius 2 is 1.91 bits per heavy atom. The summed E-state index contributed by atoms with van der Waals surface area (Å²) in [4.78, 5) is 15.8. The lowest BCUT2D eigenvalue weighted by Crippen LogP contribution is -2.41. The van der Waals surface area contributed by atoms with Crippen LogP contribution in [0.2, 0.25) is 0 Å². The Balaban J connectivity index is 1.75. The van der Waals surface area contributed by atoms with Gasteiger partial charge in [0.05, 0.1) is 0 Å². The molecule has 0 unspecified atom stereocenters. The lowest BCUT2D eigenvalue weighted by Gasteiger charge is -2.34. The molecule has 0 aromatic heterocycles. The predicted molar refractivity (Wildman–Crippen MR) is 93.4 cm³/mol. The SMILES string of the molecule is CC(C)N(CCN1CCC(CC(=O)O)CC1)Cc1ccccc1. The van der Waals surface area contributed by atoms with E-state index in [-0.39, 0.29) is 0 Å². The second-order valence-electron chi connectivity index (χ2n) is 6.93. The van der Waals surface area contributed by atoms with Crippen molar-refractivity contribution in [2.75, 3.05) is 26.2 Å². The molecular weight excluding hydrogens is 288 g/mol. The molecule has 2 rings (SSSR count). The second-order valence-corrected chi connectivity index (χ2v) is 6.93. The first-order valence-electron chi connectivity index (χ1n) is 8.76. The van der Waals surface area contributed by atoms with Crippen molar-refractivity contribution in [2.45, 2.75) is 45.7 Å². The smallest absolute Gasteiger partial charge is 0.303 e. The van der Waals surface area contributed by atoms with Gasteiger partial charge in [-0.3, -0.25) is 9.69 Å². The average molecular weight is 318 g/mol. The monoisotopic (exact) mass is 318 g/mol. The Labute approximate surface area is 140 Å². The Morgan fingerprint density at radius 1 is 1.26 bits per heavy atom. The molecule has 1 aliphatic rings. The minimum atomic E-state index is -0.655. The molecule has 0 atom stereocenters. The molecule has 0 amide bonds. The van der Waals surface area contributed by atoms with Gasteiger partial charge in [0.25, 0.3) is 0 Å². The molecule has 0 spiro atoms. The summed E-state index contributed by atoms with van der Waals surface area (Å²) in [5, 5.41) is 8.89. The van der Waals surface area contributed by atoms with E-state index < -0.39 is 5.97 Å². The van der Waals surface area contributed by atoms with Gasteiger partial charge in [-0.05, 0) is 51.3 Å². The first kappa shape index (κ1) is 18.0. The number of carboxylic acid groups (broad SMARTS) is 1. The van der Waals surface area contributed by atoms with E-state index in [4.69, 9.17) is 5.11 Å². The first-order chi connectivity index (χ1) is 11.0. The Hall–Kier alpha value is -1.39. The van der Waals surface area contributed by atoms with Crippen molar-refractivity contribution in [3.05, 3.63) is 35.9 Å². The Bertz CT molecular complexity index is 468. The number of hydrogen-bond acceptors (Lipinski definition) is 3. The fourth-order valence-electron chi connectivity index (χ4n) is 3.27. The molecule has 1 saturated heterocycles. The van der Waals surface area contributed by atoms with Crippen molar-refractivity contribution in [3.8, 4) is 0 Å². The van der Waals surface area contributed by atoms with Crippen molar-refractivity contribution in [2.24, 2.45) is 5.92 Å². The van der Waals surface area contributed by atoms with Gasteiger partial charge >= 0.3 is 5.97 Å². The summed E-state index contributed by atoms with van der Waals surface area (Å²) in [6, 6.07) is 11.2. The molecular formula is C19H30N2O2. The fraction of sp³-hybridized carbons (Fsp3) is 0.632. The molecule has 1 heterocycles. The average Bonchev–Trinajstić information content (AvgIpc) is 2.53. The van der Waals surface area contributed by atoms with E-state index in [0.717, 1.165) is 45.6 Å². The summed E-state index contributed by atoms with van der Waals surface area (Å²) in [6.07, 6.45) is 2.37. The van der Waals surface area contributed by atoms with E-state index in [1.165, 1.54) is 5.56 Å². The predicted octanol–water partition coefficient (Wildman–Crippen LogP) is 3.08. The van der Waals surface area contributed by atoms with Crippen LogP contribution in [0.3, 0.4) is 0 Å². The third kappa shape index (κ3) is 6.32. The molecule has 1 aromatic rings. The van der Waals surface area contributed by atoms with E-state index in [1.807, 2.05) is 0 Å². The van der Waals surface area contributed by atoms with Crippen LogP contribution in [-0.2, 0) is 11.3 Å². The van der Waals surface area contributed by atoms with Crippen LogP contribution in [0.4, 0.5) is 0 Å². The van der Waals surface area contributed by atoms with Crippen LogP contribution in [0.1, 0.15) is 38.7 Å². The molecule has 4 nitrogen and oxygen atoms in total. The quantitative estimate of drug-likeness (QED) is 0.800. The van der Waals surface area contributed by atoms with Gasteiger partial charge in [0, 0.05) is 32.1 Å². The largest absolute Gasteiger partial charge is 0.481 e. The van der Waals surface area contributed by atoms with Crippen LogP contribution in [-0.4, -0.2) is 53.1 Å². The van der Waals surface area contributed by atoms with Crippen molar-refractivity contribution in [3.63, 3.8) is 0 Å². The van der Waals surface area contributed by atoms with E-state index >= 15 is 0 Å². The number of aliphatic carboxylic acids is 1. The van der Waals surface area contributed by atoms with Gasteiger partial charge in [-0.2, -0.15) is 0 Å². The summed E-state index contributed by atoms with van der Waals surface area (Å²) in [5.74, 6) is -0.286. The molecule has 128 valence electrons. The zero-order valence-electron chi connectivity index (χ0n) is 14.4.